The zero-order valence-corrected chi connectivity index (χ0v) is 10.8. The molecule has 0 aromatic heterocycles. The van der Waals surface area contributed by atoms with Crippen LogP contribution in [0.25, 0.3) is 0 Å². The summed E-state index contributed by atoms with van der Waals surface area (Å²) in [6, 6.07) is 0. The van der Waals surface area contributed by atoms with Crippen LogP contribution in [0.15, 0.2) is 0 Å². The molecule has 0 saturated carbocycles. The van der Waals surface area contributed by atoms with Crippen molar-refractivity contribution < 1.29 is 0 Å². The highest BCUT2D eigenvalue weighted by Gasteiger charge is 2.34. The Morgan fingerprint density at radius 2 is 2.13 bits per heavy atom. The van der Waals surface area contributed by atoms with Gasteiger partial charge in [0, 0.05) is 12.1 Å². The van der Waals surface area contributed by atoms with Gasteiger partial charge < -0.3 is 5.73 Å². The van der Waals surface area contributed by atoms with Gasteiger partial charge in [-0.1, -0.05) is 26.7 Å². The summed E-state index contributed by atoms with van der Waals surface area (Å²) in [6.07, 6.45) is 6.58. The van der Waals surface area contributed by atoms with Gasteiger partial charge in [-0.05, 0) is 45.2 Å². The third-order valence-electron chi connectivity index (χ3n) is 4.21. The number of likely N-dealkylation sites (tertiary alicyclic amines) is 1. The number of nitrogens with two attached hydrogens (primary N) is 1. The van der Waals surface area contributed by atoms with Gasteiger partial charge in [-0.25, -0.2) is 0 Å². The van der Waals surface area contributed by atoms with Gasteiger partial charge >= 0.3 is 0 Å². The molecule has 0 spiro atoms. The summed E-state index contributed by atoms with van der Waals surface area (Å²) in [7, 11) is 0. The standard InChI is InChI=1S/C13H28N2/c1-4-6-8-13(3,5-2)15-9-7-12(10-14)11-15/h12H,4-11,14H2,1-3H3. The summed E-state index contributed by atoms with van der Waals surface area (Å²) in [6.45, 7) is 10.4. The molecule has 1 saturated heterocycles. The molecule has 2 heteroatoms. The Kier molecular flexibility index (Phi) is 5.07. The molecule has 1 fully saturated rings. The monoisotopic (exact) mass is 212 g/mol. The van der Waals surface area contributed by atoms with Gasteiger partial charge in [-0.2, -0.15) is 0 Å². The molecule has 90 valence electrons. The maximum atomic E-state index is 5.75. The first-order valence-electron chi connectivity index (χ1n) is 6.61. The quantitative estimate of drug-likeness (QED) is 0.733. The molecule has 0 bridgehead atoms. The van der Waals surface area contributed by atoms with E-state index in [9.17, 15) is 0 Å². The van der Waals surface area contributed by atoms with E-state index in [1.807, 2.05) is 0 Å². The molecule has 1 heterocycles. The van der Waals surface area contributed by atoms with Crippen molar-refractivity contribution in [2.24, 2.45) is 11.7 Å². The zero-order valence-electron chi connectivity index (χ0n) is 10.8. The van der Waals surface area contributed by atoms with Crippen molar-refractivity contribution in [3.05, 3.63) is 0 Å². The second-order valence-corrected chi connectivity index (χ2v) is 5.29. The number of rotatable bonds is 6. The van der Waals surface area contributed by atoms with Crippen LogP contribution < -0.4 is 5.73 Å². The van der Waals surface area contributed by atoms with E-state index in [0.717, 1.165) is 12.5 Å². The Bertz CT molecular complexity index is 181. The third kappa shape index (κ3) is 3.18. The average Bonchev–Trinajstić information content (AvgIpc) is 2.75. The fourth-order valence-electron chi connectivity index (χ4n) is 2.63. The molecule has 0 radical (unpaired) electrons. The van der Waals surface area contributed by atoms with Crippen molar-refractivity contribution in [1.82, 2.24) is 4.90 Å². The summed E-state index contributed by atoms with van der Waals surface area (Å²) < 4.78 is 0. The van der Waals surface area contributed by atoms with E-state index in [4.69, 9.17) is 5.73 Å². The molecule has 15 heavy (non-hydrogen) atoms. The van der Waals surface area contributed by atoms with E-state index < -0.39 is 0 Å². The molecular weight excluding hydrogens is 184 g/mol. The van der Waals surface area contributed by atoms with Crippen molar-refractivity contribution in [3.63, 3.8) is 0 Å². The normalized spacial score (nSPS) is 26.8. The van der Waals surface area contributed by atoms with Gasteiger partial charge in [0.15, 0.2) is 0 Å². The van der Waals surface area contributed by atoms with E-state index in [1.165, 1.54) is 45.2 Å². The summed E-state index contributed by atoms with van der Waals surface area (Å²) in [4.78, 5) is 2.68. The van der Waals surface area contributed by atoms with Crippen LogP contribution in [-0.2, 0) is 0 Å². The first kappa shape index (κ1) is 13.0. The molecular formula is C13H28N2. The minimum Gasteiger partial charge on any atom is -0.330 e. The van der Waals surface area contributed by atoms with Crippen LogP contribution in [0.2, 0.25) is 0 Å². The SMILES string of the molecule is CCCCC(C)(CC)N1CCC(CN)C1. The summed E-state index contributed by atoms with van der Waals surface area (Å²) >= 11 is 0. The molecule has 0 aliphatic carbocycles. The van der Waals surface area contributed by atoms with Crippen LogP contribution in [0.4, 0.5) is 0 Å². The van der Waals surface area contributed by atoms with E-state index in [1.54, 1.807) is 0 Å². The van der Waals surface area contributed by atoms with E-state index >= 15 is 0 Å². The largest absolute Gasteiger partial charge is 0.330 e. The molecule has 2 N–H and O–H groups in total. The van der Waals surface area contributed by atoms with Crippen molar-refractivity contribution in [2.75, 3.05) is 19.6 Å². The fraction of sp³-hybridized carbons (Fsp3) is 1.00. The van der Waals surface area contributed by atoms with Crippen molar-refractivity contribution in [1.29, 1.82) is 0 Å². The van der Waals surface area contributed by atoms with Crippen LogP contribution in [0.1, 0.15) is 52.9 Å². The molecule has 2 nitrogen and oxygen atoms in total. The lowest BCUT2D eigenvalue weighted by molar-refractivity contribution is 0.112. The highest BCUT2D eigenvalue weighted by Crippen LogP contribution is 2.31. The number of unbranched alkanes of at least 4 members (excludes halogenated alkanes) is 1. The maximum absolute atomic E-state index is 5.75. The van der Waals surface area contributed by atoms with E-state index in [-0.39, 0.29) is 0 Å². The van der Waals surface area contributed by atoms with Crippen molar-refractivity contribution >= 4 is 0 Å². The van der Waals surface area contributed by atoms with E-state index in [2.05, 4.69) is 25.7 Å². The first-order chi connectivity index (χ1) is 7.16. The minimum atomic E-state index is 0.430. The number of nitrogens with zero attached hydrogens (tertiary/aromatic N) is 1. The Hall–Kier alpha value is -0.0800. The molecule has 2 atom stereocenters. The second kappa shape index (κ2) is 5.86. The van der Waals surface area contributed by atoms with Gasteiger partial charge in [0.1, 0.15) is 0 Å². The van der Waals surface area contributed by atoms with Gasteiger partial charge in [0.2, 0.25) is 0 Å². The van der Waals surface area contributed by atoms with Crippen LogP contribution >= 0.6 is 0 Å². The number of hydrogen-bond acceptors (Lipinski definition) is 2. The Morgan fingerprint density at radius 1 is 1.40 bits per heavy atom. The highest BCUT2D eigenvalue weighted by atomic mass is 15.2. The van der Waals surface area contributed by atoms with Gasteiger partial charge in [0.25, 0.3) is 0 Å². The van der Waals surface area contributed by atoms with Crippen LogP contribution in [0, 0.1) is 5.92 Å². The van der Waals surface area contributed by atoms with Crippen LogP contribution in [-0.4, -0.2) is 30.1 Å². The summed E-state index contributed by atoms with van der Waals surface area (Å²) in [5, 5.41) is 0. The lowest BCUT2D eigenvalue weighted by Gasteiger charge is -2.38. The minimum absolute atomic E-state index is 0.430. The second-order valence-electron chi connectivity index (χ2n) is 5.29. The highest BCUT2D eigenvalue weighted by molar-refractivity contribution is 4.90. The van der Waals surface area contributed by atoms with Crippen LogP contribution in [0.3, 0.4) is 0 Å². The van der Waals surface area contributed by atoms with Crippen molar-refractivity contribution in [2.45, 2.75) is 58.4 Å². The third-order valence-corrected chi connectivity index (χ3v) is 4.21. The van der Waals surface area contributed by atoms with Gasteiger partial charge in [0.05, 0.1) is 0 Å². The van der Waals surface area contributed by atoms with Gasteiger partial charge in [-0.15, -0.1) is 0 Å². The lowest BCUT2D eigenvalue weighted by atomic mass is 9.90. The summed E-state index contributed by atoms with van der Waals surface area (Å²) in [5.41, 5.74) is 6.18. The molecule has 1 aliphatic heterocycles. The maximum Gasteiger partial charge on any atom is 0.0178 e. The number of hydrogen-bond donors (Lipinski definition) is 1. The van der Waals surface area contributed by atoms with E-state index in [0.29, 0.717) is 5.54 Å². The molecule has 0 aromatic rings. The molecule has 0 amide bonds. The molecule has 2 unspecified atom stereocenters. The van der Waals surface area contributed by atoms with Gasteiger partial charge in [-0.3, -0.25) is 4.90 Å². The lowest BCUT2D eigenvalue weighted by Crippen LogP contribution is -2.44. The Balaban J connectivity index is 2.50. The average molecular weight is 212 g/mol. The first-order valence-corrected chi connectivity index (χ1v) is 6.61. The molecule has 0 aromatic carbocycles. The van der Waals surface area contributed by atoms with Crippen LogP contribution in [0.5, 0.6) is 0 Å². The molecule has 1 rings (SSSR count). The topological polar surface area (TPSA) is 29.3 Å². The smallest absolute Gasteiger partial charge is 0.0178 e. The Labute approximate surface area is 95.2 Å². The molecule has 1 aliphatic rings. The Morgan fingerprint density at radius 3 is 2.60 bits per heavy atom. The predicted molar refractivity (Wildman–Crippen MR) is 67.0 cm³/mol. The summed E-state index contributed by atoms with van der Waals surface area (Å²) in [5.74, 6) is 0.748. The fourth-order valence-corrected chi connectivity index (χ4v) is 2.63. The zero-order chi connectivity index (χ0) is 11.3. The predicted octanol–water partition coefficient (Wildman–Crippen LogP) is 2.63. The van der Waals surface area contributed by atoms with Crippen molar-refractivity contribution in [3.8, 4) is 0 Å².